The van der Waals surface area contributed by atoms with Gasteiger partial charge in [0.05, 0.1) is 44.8 Å². The first-order valence-electron chi connectivity index (χ1n) is 25.0. The van der Waals surface area contributed by atoms with E-state index in [-0.39, 0.29) is 0 Å². The third-order valence-electron chi connectivity index (χ3n) is 13.9. The summed E-state index contributed by atoms with van der Waals surface area (Å²) in [5, 5.41) is 4.19. The molecule has 4 heterocycles. The number of aromatic nitrogens is 4. The standard InChI is InChI=1S/C70H46N4/c1-7-19-47(20-8-1)31-37-55-43-61(49-23-11-3-12-24-49)57-39-41-59-63(51-27-15-5-16-28-51)45-65(73-69(59)67(57)71-55)53-33-35-54(36-34-53)66-46-64(52-29-17-6-18-30-52)60-42-40-58-62(50-25-13-4-14-26-50)44-56(72-68(58)70(60)74-66)38-32-48-21-9-2-10-22-48/h1-46H/b37-31+,38-32?. The molecule has 4 nitrogen and oxygen atoms in total. The predicted octanol–water partition coefficient (Wildman–Crippen LogP) is 18.2. The molecule has 0 N–H and O–H groups in total. The average molecular weight is 943 g/mol. The fourth-order valence-corrected chi connectivity index (χ4v) is 10.2. The van der Waals surface area contributed by atoms with Gasteiger partial charge < -0.3 is 0 Å². The van der Waals surface area contributed by atoms with Gasteiger partial charge in [-0.05, 0) is 92.1 Å². The Kier molecular flexibility index (Phi) is 11.5. The van der Waals surface area contributed by atoms with Crippen LogP contribution in [0, 0.1) is 0 Å². The molecule has 0 aliphatic heterocycles. The fourth-order valence-electron chi connectivity index (χ4n) is 10.2. The smallest absolute Gasteiger partial charge is 0.0978 e. The molecule has 74 heavy (non-hydrogen) atoms. The lowest BCUT2D eigenvalue weighted by molar-refractivity contribution is 1.34. The largest absolute Gasteiger partial charge is 0.246 e. The van der Waals surface area contributed by atoms with Crippen LogP contribution >= 0.6 is 0 Å². The van der Waals surface area contributed by atoms with Crippen LogP contribution in [0.2, 0.25) is 0 Å². The van der Waals surface area contributed by atoms with Gasteiger partial charge in [-0.3, -0.25) is 0 Å². The zero-order valence-corrected chi connectivity index (χ0v) is 40.3. The molecule has 0 aliphatic rings. The predicted molar refractivity (Wildman–Crippen MR) is 311 cm³/mol. The first-order chi connectivity index (χ1) is 36.7. The van der Waals surface area contributed by atoms with Crippen molar-refractivity contribution >= 4 is 67.9 Å². The molecule has 0 bridgehead atoms. The summed E-state index contributed by atoms with van der Waals surface area (Å²) in [6, 6.07) is 89.5. The van der Waals surface area contributed by atoms with Crippen LogP contribution in [0.3, 0.4) is 0 Å². The van der Waals surface area contributed by atoms with Gasteiger partial charge in [0, 0.05) is 32.7 Å². The van der Waals surface area contributed by atoms with Crippen LogP contribution in [0.1, 0.15) is 22.5 Å². The summed E-state index contributed by atoms with van der Waals surface area (Å²) in [6.45, 7) is 0. The zero-order valence-electron chi connectivity index (χ0n) is 40.3. The van der Waals surface area contributed by atoms with Crippen molar-refractivity contribution in [1.29, 1.82) is 0 Å². The summed E-state index contributed by atoms with van der Waals surface area (Å²) < 4.78 is 0. The van der Waals surface area contributed by atoms with Crippen LogP contribution in [0.5, 0.6) is 0 Å². The Labute approximate surface area is 430 Å². The fraction of sp³-hybridized carbons (Fsp3) is 0. The lowest BCUT2D eigenvalue weighted by Gasteiger charge is -2.15. The van der Waals surface area contributed by atoms with Crippen molar-refractivity contribution in [1.82, 2.24) is 19.9 Å². The molecular formula is C70H46N4. The summed E-state index contributed by atoms with van der Waals surface area (Å²) in [5.41, 5.74) is 20.0. The Hall–Kier alpha value is -9.90. The second-order valence-corrected chi connectivity index (χ2v) is 18.5. The number of pyridine rings is 4. The summed E-state index contributed by atoms with van der Waals surface area (Å²) in [7, 11) is 0. The molecular weight excluding hydrogens is 897 g/mol. The van der Waals surface area contributed by atoms with Crippen LogP contribution in [0.25, 0.3) is 135 Å². The Morgan fingerprint density at radius 3 is 0.797 bits per heavy atom. The molecule has 0 atom stereocenters. The number of nitrogens with zero attached hydrogens (tertiary/aromatic N) is 4. The molecule has 0 saturated heterocycles. The van der Waals surface area contributed by atoms with Gasteiger partial charge in [0.25, 0.3) is 0 Å². The average Bonchev–Trinajstić information content (AvgIpc) is 3.49. The van der Waals surface area contributed by atoms with Gasteiger partial charge in [-0.25, -0.2) is 19.9 Å². The molecule has 346 valence electrons. The maximum absolute atomic E-state index is 5.55. The van der Waals surface area contributed by atoms with Crippen LogP contribution in [0.15, 0.2) is 255 Å². The van der Waals surface area contributed by atoms with Gasteiger partial charge in [-0.2, -0.15) is 0 Å². The minimum Gasteiger partial charge on any atom is -0.246 e. The third-order valence-corrected chi connectivity index (χ3v) is 13.9. The van der Waals surface area contributed by atoms with Crippen molar-refractivity contribution in [3.8, 4) is 67.0 Å². The van der Waals surface area contributed by atoms with Crippen molar-refractivity contribution < 1.29 is 0 Å². The van der Waals surface area contributed by atoms with Crippen LogP contribution in [-0.4, -0.2) is 19.9 Å². The highest BCUT2D eigenvalue weighted by Gasteiger charge is 2.19. The normalized spacial score (nSPS) is 11.7. The van der Waals surface area contributed by atoms with Crippen molar-refractivity contribution in [2.24, 2.45) is 0 Å². The SMILES string of the molecule is C(=Cc1cc(-c2ccccc2)c2ccc3c(-c4ccccc4)cc(-c4ccc(-c5cc(-c6ccccc6)c6ccc7c(-c8ccccc8)cc(/C=C/c8ccccc8)nc7c6n5)cc4)nc3c2n1)c1ccccc1. The van der Waals surface area contributed by atoms with Crippen molar-refractivity contribution in [3.05, 3.63) is 277 Å². The first kappa shape index (κ1) is 44.1. The van der Waals surface area contributed by atoms with E-state index in [9.17, 15) is 0 Å². The molecule has 0 fully saturated rings. The second kappa shape index (κ2) is 19.4. The quantitative estimate of drug-likeness (QED) is 0.128. The van der Waals surface area contributed by atoms with E-state index in [4.69, 9.17) is 19.9 Å². The van der Waals surface area contributed by atoms with E-state index in [2.05, 4.69) is 267 Å². The highest BCUT2D eigenvalue weighted by atomic mass is 14.8. The lowest BCUT2D eigenvalue weighted by atomic mass is 9.93. The van der Waals surface area contributed by atoms with Crippen LogP contribution in [-0.2, 0) is 0 Å². The van der Waals surface area contributed by atoms with Gasteiger partial charge in [0.1, 0.15) is 0 Å². The summed E-state index contributed by atoms with van der Waals surface area (Å²) in [6.07, 6.45) is 8.46. The van der Waals surface area contributed by atoms with Gasteiger partial charge in [-0.15, -0.1) is 0 Å². The van der Waals surface area contributed by atoms with Crippen LogP contribution < -0.4 is 0 Å². The number of hydrogen-bond donors (Lipinski definition) is 0. The van der Waals surface area contributed by atoms with Crippen LogP contribution in [0.4, 0.5) is 0 Å². The summed E-state index contributed by atoms with van der Waals surface area (Å²) >= 11 is 0. The van der Waals surface area contributed by atoms with Crippen molar-refractivity contribution in [2.45, 2.75) is 0 Å². The molecule has 13 aromatic rings. The maximum Gasteiger partial charge on any atom is 0.0978 e. The van der Waals surface area contributed by atoms with E-state index in [1.165, 1.54) is 0 Å². The Morgan fingerprint density at radius 2 is 0.486 bits per heavy atom. The number of benzene rings is 9. The van der Waals surface area contributed by atoms with Gasteiger partial charge in [0.2, 0.25) is 0 Å². The van der Waals surface area contributed by atoms with E-state index >= 15 is 0 Å². The maximum atomic E-state index is 5.55. The van der Waals surface area contributed by atoms with Gasteiger partial charge in [-0.1, -0.05) is 243 Å². The molecule has 4 aromatic heterocycles. The molecule has 0 spiro atoms. The molecule has 9 aromatic carbocycles. The molecule has 0 radical (unpaired) electrons. The van der Waals surface area contributed by atoms with Gasteiger partial charge >= 0.3 is 0 Å². The molecule has 4 heteroatoms. The molecule has 13 rings (SSSR count). The molecule has 0 unspecified atom stereocenters. The van der Waals surface area contributed by atoms with E-state index in [0.717, 1.165) is 133 Å². The summed E-state index contributed by atoms with van der Waals surface area (Å²) in [5.74, 6) is 0. The minimum atomic E-state index is 0.853. The summed E-state index contributed by atoms with van der Waals surface area (Å²) in [4.78, 5) is 21.9. The van der Waals surface area contributed by atoms with Crippen molar-refractivity contribution in [2.75, 3.05) is 0 Å². The monoisotopic (exact) mass is 942 g/mol. The zero-order chi connectivity index (χ0) is 49.2. The lowest BCUT2D eigenvalue weighted by Crippen LogP contribution is -1.96. The molecule has 0 saturated carbocycles. The third kappa shape index (κ3) is 8.61. The van der Waals surface area contributed by atoms with E-state index in [1.807, 2.05) is 12.1 Å². The molecule has 0 aliphatic carbocycles. The number of rotatable bonds is 10. The van der Waals surface area contributed by atoms with E-state index < -0.39 is 0 Å². The first-order valence-corrected chi connectivity index (χ1v) is 25.0. The Morgan fingerprint density at radius 1 is 0.216 bits per heavy atom. The highest BCUT2D eigenvalue weighted by Crippen LogP contribution is 2.41. The Balaban J connectivity index is 0.986. The molecule has 0 amide bonds. The van der Waals surface area contributed by atoms with Gasteiger partial charge in [0.15, 0.2) is 0 Å². The van der Waals surface area contributed by atoms with Crippen molar-refractivity contribution in [3.63, 3.8) is 0 Å². The highest BCUT2D eigenvalue weighted by molar-refractivity contribution is 6.14. The second-order valence-electron chi connectivity index (χ2n) is 18.5. The number of fused-ring (bicyclic) bond motifs is 6. The number of hydrogen-bond acceptors (Lipinski definition) is 4. The topological polar surface area (TPSA) is 51.6 Å². The van der Waals surface area contributed by atoms with E-state index in [0.29, 0.717) is 0 Å². The van der Waals surface area contributed by atoms with E-state index in [1.54, 1.807) is 0 Å². The Bertz CT molecular complexity index is 3960. The minimum absolute atomic E-state index is 0.853.